The van der Waals surface area contributed by atoms with Gasteiger partial charge in [0.15, 0.2) is 0 Å². The number of fused-ring (bicyclic) bond motifs is 1. The zero-order valence-electron chi connectivity index (χ0n) is 11.8. The van der Waals surface area contributed by atoms with Crippen molar-refractivity contribution in [3.05, 3.63) is 63.9 Å². The van der Waals surface area contributed by atoms with Crippen molar-refractivity contribution in [1.29, 1.82) is 0 Å². The van der Waals surface area contributed by atoms with Crippen LogP contribution in [0, 0.1) is 5.82 Å². The highest BCUT2D eigenvalue weighted by atomic mass is 79.9. The highest BCUT2D eigenvalue weighted by molar-refractivity contribution is 9.10. The first-order valence-corrected chi connectivity index (χ1v) is 7.91. The van der Waals surface area contributed by atoms with Crippen molar-refractivity contribution in [2.75, 3.05) is 6.54 Å². The van der Waals surface area contributed by atoms with E-state index in [1.54, 1.807) is 12.1 Å². The van der Waals surface area contributed by atoms with E-state index < -0.39 is 0 Å². The van der Waals surface area contributed by atoms with E-state index in [1.165, 1.54) is 17.7 Å². The van der Waals surface area contributed by atoms with Crippen LogP contribution in [0.2, 0.25) is 0 Å². The molecule has 0 aromatic heterocycles. The van der Waals surface area contributed by atoms with Gasteiger partial charge in [-0.1, -0.05) is 41.1 Å². The van der Waals surface area contributed by atoms with E-state index in [-0.39, 0.29) is 18.0 Å². The van der Waals surface area contributed by atoms with Gasteiger partial charge in [0.1, 0.15) is 17.7 Å². The van der Waals surface area contributed by atoms with E-state index >= 15 is 0 Å². The van der Waals surface area contributed by atoms with E-state index in [4.69, 9.17) is 4.74 Å². The molecule has 0 amide bonds. The summed E-state index contributed by atoms with van der Waals surface area (Å²) in [6, 6.07) is 12.9. The lowest BCUT2D eigenvalue weighted by Crippen LogP contribution is -2.29. The summed E-state index contributed by atoms with van der Waals surface area (Å²) in [5, 5.41) is 3.50. The summed E-state index contributed by atoms with van der Waals surface area (Å²) >= 11 is 3.49. The SMILES string of the molecule is CCNC1CC(c2ccc(F)cc2)Oc2cc(Br)ccc21. The molecule has 0 bridgehead atoms. The number of rotatable bonds is 3. The third kappa shape index (κ3) is 3.11. The Morgan fingerprint density at radius 1 is 1.24 bits per heavy atom. The van der Waals surface area contributed by atoms with Crippen LogP contribution in [-0.2, 0) is 0 Å². The van der Waals surface area contributed by atoms with E-state index in [2.05, 4.69) is 34.2 Å². The zero-order chi connectivity index (χ0) is 14.8. The molecule has 1 N–H and O–H groups in total. The molecule has 2 aromatic carbocycles. The highest BCUT2D eigenvalue weighted by Crippen LogP contribution is 2.41. The van der Waals surface area contributed by atoms with Crippen molar-refractivity contribution in [2.45, 2.75) is 25.5 Å². The van der Waals surface area contributed by atoms with Crippen LogP contribution in [0.25, 0.3) is 0 Å². The van der Waals surface area contributed by atoms with Gasteiger partial charge in [0.25, 0.3) is 0 Å². The Hall–Kier alpha value is -1.39. The van der Waals surface area contributed by atoms with Gasteiger partial charge in [0, 0.05) is 22.5 Å². The molecular formula is C17H17BrFNO. The lowest BCUT2D eigenvalue weighted by molar-refractivity contribution is 0.152. The third-order valence-corrected chi connectivity index (χ3v) is 4.26. The van der Waals surface area contributed by atoms with E-state index in [0.29, 0.717) is 0 Å². The standard InChI is InChI=1S/C17H17BrFNO/c1-2-20-15-10-16(11-3-6-13(19)7-4-11)21-17-9-12(18)5-8-14(15)17/h3-9,15-16,20H,2,10H2,1H3. The number of benzene rings is 2. The number of hydrogen-bond donors (Lipinski definition) is 1. The van der Waals surface area contributed by atoms with Gasteiger partial charge in [-0.3, -0.25) is 0 Å². The predicted molar refractivity (Wildman–Crippen MR) is 84.9 cm³/mol. The molecule has 0 radical (unpaired) electrons. The normalized spacial score (nSPS) is 20.7. The molecule has 0 fully saturated rings. The van der Waals surface area contributed by atoms with Crippen molar-refractivity contribution in [1.82, 2.24) is 5.32 Å². The van der Waals surface area contributed by atoms with Crippen LogP contribution in [-0.4, -0.2) is 6.54 Å². The molecule has 1 aliphatic rings. The van der Waals surface area contributed by atoms with Crippen molar-refractivity contribution in [3.8, 4) is 5.75 Å². The Morgan fingerprint density at radius 2 is 2.00 bits per heavy atom. The van der Waals surface area contributed by atoms with Gasteiger partial charge in [-0.25, -0.2) is 4.39 Å². The van der Waals surface area contributed by atoms with Gasteiger partial charge in [-0.2, -0.15) is 0 Å². The largest absolute Gasteiger partial charge is 0.485 e. The van der Waals surface area contributed by atoms with Crippen molar-refractivity contribution in [2.24, 2.45) is 0 Å². The van der Waals surface area contributed by atoms with Crippen LogP contribution in [0.4, 0.5) is 4.39 Å². The fourth-order valence-corrected chi connectivity index (χ4v) is 3.10. The topological polar surface area (TPSA) is 21.3 Å². The van der Waals surface area contributed by atoms with Gasteiger partial charge in [-0.15, -0.1) is 0 Å². The minimum absolute atomic E-state index is 0.0588. The summed E-state index contributed by atoms with van der Waals surface area (Å²) in [5.41, 5.74) is 2.18. The number of halogens is 2. The van der Waals surface area contributed by atoms with Crippen molar-refractivity contribution < 1.29 is 9.13 Å². The van der Waals surface area contributed by atoms with Crippen LogP contribution in [0.3, 0.4) is 0 Å². The Morgan fingerprint density at radius 3 is 2.71 bits per heavy atom. The molecule has 0 saturated carbocycles. The van der Waals surface area contributed by atoms with Crippen LogP contribution in [0.1, 0.15) is 36.6 Å². The molecule has 3 rings (SSSR count). The van der Waals surface area contributed by atoms with Gasteiger partial charge in [0.2, 0.25) is 0 Å². The molecule has 21 heavy (non-hydrogen) atoms. The highest BCUT2D eigenvalue weighted by Gasteiger charge is 2.28. The van der Waals surface area contributed by atoms with Crippen molar-refractivity contribution >= 4 is 15.9 Å². The summed E-state index contributed by atoms with van der Waals surface area (Å²) in [6.07, 6.45) is 0.783. The Bertz CT molecular complexity index is 629. The molecule has 1 aliphatic heterocycles. The number of nitrogens with one attached hydrogen (secondary N) is 1. The van der Waals surface area contributed by atoms with E-state index in [1.807, 2.05) is 12.1 Å². The molecule has 2 atom stereocenters. The first-order chi connectivity index (χ1) is 10.2. The maximum absolute atomic E-state index is 13.1. The Kier molecular flexibility index (Phi) is 4.27. The molecule has 0 spiro atoms. The molecule has 2 aromatic rings. The second-order valence-electron chi connectivity index (χ2n) is 5.19. The van der Waals surface area contributed by atoms with Crippen LogP contribution in [0.5, 0.6) is 5.75 Å². The fourth-order valence-electron chi connectivity index (χ4n) is 2.76. The van der Waals surface area contributed by atoms with Gasteiger partial charge in [-0.05, 0) is 36.4 Å². The molecular weight excluding hydrogens is 333 g/mol. The van der Waals surface area contributed by atoms with Gasteiger partial charge >= 0.3 is 0 Å². The van der Waals surface area contributed by atoms with Crippen LogP contribution < -0.4 is 10.1 Å². The minimum atomic E-state index is -0.221. The van der Waals surface area contributed by atoms with Crippen LogP contribution >= 0.6 is 15.9 Å². The smallest absolute Gasteiger partial charge is 0.126 e. The van der Waals surface area contributed by atoms with E-state index in [0.717, 1.165) is 28.8 Å². The molecule has 2 unspecified atom stereocenters. The predicted octanol–water partition coefficient (Wildman–Crippen LogP) is 4.76. The van der Waals surface area contributed by atoms with Crippen molar-refractivity contribution in [3.63, 3.8) is 0 Å². The molecule has 0 aliphatic carbocycles. The average molecular weight is 350 g/mol. The maximum atomic E-state index is 13.1. The zero-order valence-corrected chi connectivity index (χ0v) is 13.4. The first kappa shape index (κ1) is 14.5. The fraction of sp³-hybridized carbons (Fsp3) is 0.294. The van der Waals surface area contributed by atoms with Gasteiger partial charge < -0.3 is 10.1 Å². The van der Waals surface area contributed by atoms with Gasteiger partial charge in [0.05, 0.1) is 0 Å². The van der Waals surface area contributed by atoms with Crippen LogP contribution in [0.15, 0.2) is 46.9 Å². The Labute approximate surface area is 132 Å². The van der Waals surface area contributed by atoms with E-state index in [9.17, 15) is 4.39 Å². The Balaban J connectivity index is 1.94. The average Bonchev–Trinajstić information content (AvgIpc) is 2.47. The lowest BCUT2D eigenvalue weighted by atomic mass is 9.93. The lowest BCUT2D eigenvalue weighted by Gasteiger charge is -2.33. The molecule has 0 saturated heterocycles. The second-order valence-corrected chi connectivity index (χ2v) is 6.10. The summed E-state index contributed by atoms with van der Waals surface area (Å²) in [7, 11) is 0. The second kappa shape index (κ2) is 6.16. The summed E-state index contributed by atoms with van der Waals surface area (Å²) < 4.78 is 20.2. The summed E-state index contributed by atoms with van der Waals surface area (Å²) in [4.78, 5) is 0. The molecule has 1 heterocycles. The first-order valence-electron chi connectivity index (χ1n) is 7.12. The minimum Gasteiger partial charge on any atom is -0.485 e. The molecule has 2 nitrogen and oxygen atoms in total. The summed E-state index contributed by atoms with van der Waals surface area (Å²) in [6.45, 7) is 3.00. The molecule has 4 heteroatoms. The quantitative estimate of drug-likeness (QED) is 0.862. The molecule has 110 valence electrons. The summed E-state index contributed by atoms with van der Waals surface area (Å²) in [5.74, 6) is 0.664. The third-order valence-electron chi connectivity index (χ3n) is 3.76. The number of hydrogen-bond acceptors (Lipinski definition) is 2. The monoisotopic (exact) mass is 349 g/mol. The number of ether oxygens (including phenoxy) is 1. The maximum Gasteiger partial charge on any atom is 0.126 e.